The first kappa shape index (κ1) is 19.4. The number of Topliss-reactive ketones (excluding diaryl/α,β-unsaturated/α-hetero) is 1. The van der Waals surface area contributed by atoms with E-state index in [1.165, 1.54) is 59.1 Å². The van der Waals surface area contributed by atoms with Crippen LogP contribution >= 0.6 is 0 Å². The van der Waals surface area contributed by atoms with Gasteiger partial charge in [-0.05, 0) is 88.2 Å². The van der Waals surface area contributed by atoms with Crippen LogP contribution in [0.4, 0.5) is 0 Å². The van der Waals surface area contributed by atoms with E-state index >= 15 is 0 Å². The number of benzene rings is 2. The molecule has 0 N–H and O–H groups in total. The molecule has 2 aromatic rings. The van der Waals surface area contributed by atoms with E-state index in [0.29, 0.717) is 29.5 Å². The molecule has 148 valence electrons. The summed E-state index contributed by atoms with van der Waals surface area (Å²) < 4.78 is 0. The Morgan fingerprint density at radius 2 is 1.00 bits per heavy atom. The second-order valence-corrected chi connectivity index (χ2v) is 9.68. The van der Waals surface area contributed by atoms with Gasteiger partial charge in [0.25, 0.3) is 0 Å². The summed E-state index contributed by atoms with van der Waals surface area (Å²) in [4.78, 5) is 13.2. The second-order valence-electron chi connectivity index (χ2n) is 9.68. The summed E-state index contributed by atoms with van der Waals surface area (Å²) >= 11 is 0. The van der Waals surface area contributed by atoms with Gasteiger partial charge in [0.15, 0.2) is 0 Å². The van der Waals surface area contributed by atoms with E-state index in [1.807, 2.05) is 0 Å². The molecule has 1 heteroatoms. The second kappa shape index (κ2) is 7.85. The van der Waals surface area contributed by atoms with Crippen LogP contribution in [-0.4, -0.2) is 5.78 Å². The van der Waals surface area contributed by atoms with E-state index in [2.05, 4.69) is 64.1 Å². The molecule has 0 spiro atoms. The quantitative estimate of drug-likeness (QED) is 0.488. The van der Waals surface area contributed by atoms with Crippen molar-refractivity contribution in [3.63, 3.8) is 0 Å². The highest BCUT2D eigenvalue weighted by molar-refractivity contribution is 5.80. The lowest BCUT2D eigenvalue weighted by atomic mass is 9.82. The van der Waals surface area contributed by atoms with Crippen molar-refractivity contribution in [1.29, 1.82) is 0 Å². The van der Waals surface area contributed by atoms with Gasteiger partial charge in [-0.25, -0.2) is 0 Å². The van der Waals surface area contributed by atoms with Crippen LogP contribution < -0.4 is 0 Å². The molecule has 0 amide bonds. The molecular formula is C27H34O. The van der Waals surface area contributed by atoms with Gasteiger partial charge in [-0.15, -0.1) is 0 Å². The number of hydrogen-bond acceptors (Lipinski definition) is 1. The lowest BCUT2D eigenvalue weighted by Gasteiger charge is -2.21. The molecule has 2 aromatic carbocycles. The fourth-order valence-corrected chi connectivity index (χ4v) is 5.13. The molecule has 28 heavy (non-hydrogen) atoms. The molecule has 0 aromatic heterocycles. The van der Waals surface area contributed by atoms with Gasteiger partial charge in [-0.2, -0.15) is 0 Å². The van der Waals surface area contributed by atoms with Gasteiger partial charge < -0.3 is 0 Å². The average molecular weight is 375 g/mol. The van der Waals surface area contributed by atoms with Crippen molar-refractivity contribution < 1.29 is 4.79 Å². The molecule has 2 fully saturated rings. The van der Waals surface area contributed by atoms with E-state index in [1.54, 1.807) is 0 Å². The van der Waals surface area contributed by atoms with Crippen molar-refractivity contribution >= 4 is 5.78 Å². The maximum absolute atomic E-state index is 13.2. The van der Waals surface area contributed by atoms with Crippen LogP contribution in [0.1, 0.15) is 83.7 Å². The van der Waals surface area contributed by atoms with Crippen LogP contribution in [0.25, 0.3) is 0 Å². The Balaban J connectivity index is 1.51. The third kappa shape index (κ3) is 4.74. The number of hydrogen-bond donors (Lipinski definition) is 0. The van der Waals surface area contributed by atoms with Gasteiger partial charge in [0.1, 0.15) is 5.78 Å². The number of ketones is 1. The molecule has 0 radical (unpaired) electrons. The molecule has 2 aliphatic carbocycles. The van der Waals surface area contributed by atoms with Gasteiger partial charge in [0.05, 0.1) is 0 Å². The smallest absolute Gasteiger partial charge is 0.134 e. The van der Waals surface area contributed by atoms with Crippen LogP contribution in [-0.2, 0) is 4.79 Å². The standard InChI is InChI=1S/C27H34O/c1-17-9-18(2)12-23(11-17)26(21-5-6-21)15-25(28)16-27(22-7-8-22)24-13-19(3)10-20(4)14-24/h9-14,21-22,26-27H,5-8,15-16H2,1-4H3. The predicted molar refractivity (Wildman–Crippen MR) is 117 cm³/mol. The lowest BCUT2D eigenvalue weighted by Crippen LogP contribution is -2.14. The Bertz CT molecular complexity index is 758. The molecule has 0 aliphatic heterocycles. The summed E-state index contributed by atoms with van der Waals surface area (Å²) in [6.45, 7) is 8.69. The van der Waals surface area contributed by atoms with Crippen LogP contribution in [0.5, 0.6) is 0 Å². The molecule has 0 bridgehead atoms. The van der Waals surface area contributed by atoms with Crippen molar-refractivity contribution in [3.05, 3.63) is 69.8 Å². The summed E-state index contributed by atoms with van der Waals surface area (Å²) in [5.74, 6) is 2.74. The Morgan fingerprint density at radius 1 is 0.679 bits per heavy atom. The molecule has 0 saturated heterocycles. The normalized spacial score (nSPS) is 18.7. The third-order valence-electron chi connectivity index (χ3n) is 6.62. The van der Waals surface area contributed by atoms with E-state index in [-0.39, 0.29) is 0 Å². The minimum atomic E-state index is 0.421. The van der Waals surface area contributed by atoms with Crippen LogP contribution in [0.15, 0.2) is 36.4 Å². The third-order valence-corrected chi connectivity index (χ3v) is 6.62. The van der Waals surface area contributed by atoms with Crippen molar-refractivity contribution in [2.24, 2.45) is 11.8 Å². The zero-order valence-electron chi connectivity index (χ0n) is 17.9. The first-order valence-electron chi connectivity index (χ1n) is 11.1. The lowest BCUT2D eigenvalue weighted by molar-refractivity contribution is -0.120. The number of rotatable bonds is 8. The highest BCUT2D eigenvalue weighted by Gasteiger charge is 2.37. The van der Waals surface area contributed by atoms with E-state index in [4.69, 9.17) is 0 Å². The highest BCUT2D eigenvalue weighted by atomic mass is 16.1. The van der Waals surface area contributed by atoms with Crippen molar-refractivity contribution in [2.75, 3.05) is 0 Å². The number of aryl methyl sites for hydroxylation is 4. The molecular weight excluding hydrogens is 340 g/mol. The zero-order chi connectivity index (χ0) is 19.8. The van der Waals surface area contributed by atoms with Gasteiger partial charge in [0, 0.05) is 12.8 Å². The topological polar surface area (TPSA) is 17.1 Å². The Labute approximate surface area is 170 Å². The zero-order valence-corrected chi connectivity index (χ0v) is 17.9. The summed E-state index contributed by atoms with van der Waals surface area (Å²) in [5, 5.41) is 0. The fraction of sp³-hybridized carbons (Fsp3) is 0.519. The summed E-state index contributed by atoms with van der Waals surface area (Å²) in [6.07, 6.45) is 6.59. The Hall–Kier alpha value is -1.89. The van der Waals surface area contributed by atoms with E-state index < -0.39 is 0 Å². The maximum atomic E-state index is 13.2. The van der Waals surface area contributed by atoms with E-state index in [9.17, 15) is 4.79 Å². The molecule has 2 atom stereocenters. The minimum Gasteiger partial charge on any atom is -0.300 e. The van der Waals surface area contributed by atoms with Gasteiger partial charge in [0.2, 0.25) is 0 Å². The largest absolute Gasteiger partial charge is 0.300 e. The maximum Gasteiger partial charge on any atom is 0.134 e. The number of carbonyl (C=O) groups is 1. The first-order chi connectivity index (χ1) is 13.4. The average Bonchev–Trinajstić information content (AvgIpc) is 3.49. The number of carbonyl (C=O) groups excluding carboxylic acids is 1. The van der Waals surface area contributed by atoms with Crippen LogP contribution in [0.3, 0.4) is 0 Å². The minimum absolute atomic E-state index is 0.421. The van der Waals surface area contributed by atoms with Gasteiger partial charge in [-0.3, -0.25) is 4.79 Å². The fourth-order valence-electron chi connectivity index (χ4n) is 5.13. The van der Waals surface area contributed by atoms with Crippen LogP contribution in [0.2, 0.25) is 0 Å². The summed E-state index contributed by atoms with van der Waals surface area (Å²) in [5.41, 5.74) is 8.06. The van der Waals surface area contributed by atoms with Gasteiger partial charge in [-0.1, -0.05) is 58.7 Å². The Kier molecular flexibility index (Phi) is 5.45. The summed E-state index contributed by atoms with van der Waals surface area (Å²) in [7, 11) is 0. The Morgan fingerprint density at radius 3 is 1.29 bits per heavy atom. The molecule has 2 aliphatic rings. The monoisotopic (exact) mass is 374 g/mol. The van der Waals surface area contributed by atoms with Crippen molar-refractivity contribution in [2.45, 2.75) is 78.1 Å². The SMILES string of the molecule is Cc1cc(C)cc(C(CC(=O)CC(c2cc(C)cc(C)c2)C2CC2)C2CC2)c1. The highest BCUT2D eigenvalue weighted by Crippen LogP contribution is 2.48. The molecule has 4 rings (SSSR count). The molecule has 0 heterocycles. The van der Waals surface area contributed by atoms with Crippen molar-refractivity contribution in [1.82, 2.24) is 0 Å². The van der Waals surface area contributed by atoms with Crippen LogP contribution in [0, 0.1) is 39.5 Å². The summed E-state index contributed by atoms with van der Waals surface area (Å²) in [6, 6.07) is 13.7. The van der Waals surface area contributed by atoms with E-state index in [0.717, 1.165) is 12.8 Å². The first-order valence-corrected chi connectivity index (χ1v) is 11.1. The molecule has 2 unspecified atom stereocenters. The van der Waals surface area contributed by atoms with Crippen molar-refractivity contribution in [3.8, 4) is 0 Å². The molecule has 1 nitrogen and oxygen atoms in total. The predicted octanol–water partition coefficient (Wildman–Crippen LogP) is 6.96. The van der Waals surface area contributed by atoms with Gasteiger partial charge >= 0.3 is 0 Å². The molecule has 2 saturated carbocycles.